The number of hydrogen-bond donors (Lipinski definition) is 2. The first kappa shape index (κ1) is 7.88. The number of hydrogen-bond acceptors (Lipinski definition) is 2. The maximum absolute atomic E-state index is 11.5. The van der Waals surface area contributed by atoms with Crippen LogP contribution in [0.3, 0.4) is 0 Å². The summed E-state index contributed by atoms with van der Waals surface area (Å²) in [6.45, 7) is -0.253. The van der Waals surface area contributed by atoms with Crippen molar-refractivity contribution in [1.82, 2.24) is 5.32 Å². The molecular formula is C6H11F2NO. The Morgan fingerprint density at radius 3 is 2.50 bits per heavy atom. The molecule has 0 bridgehead atoms. The van der Waals surface area contributed by atoms with Crippen LogP contribution < -0.4 is 5.32 Å². The summed E-state index contributed by atoms with van der Waals surface area (Å²) in [5.41, 5.74) is 0. The highest BCUT2D eigenvalue weighted by molar-refractivity contribution is 4.84. The first-order valence-corrected chi connectivity index (χ1v) is 3.38. The van der Waals surface area contributed by atoms with Gasteiger partial charge in [-0.05, 0) is 12.8 Å². The number of nitrogens with one attached hydrogen (secondary N) is 1. The fourth-order valence-electron chi connectivity index (χ4n) is 1.01. The molecule has 0 atom stereocenters. The Hall–Kier alpha value is -0.220. The lowest BCUT2D eigenvalue weighted by Gasteiger charge is -2.31. The van der Waals surface area contributed by atoms with Gasteiger partial charge < -0.3 is 10.4 Å². The molecule has 1 saturated carbocycles. The minimum atomic E-state index is -2.28. The maximum atomic E-state index is 11.5. The fraction of sp³-hybridized carbons (Fsp3) is 1.00. The van der Waals surface area contributed by atoms with Crippen molar-refractivity contribution in [3.63, 3.8) is 0 Å². The molecule has 0 aromatic carbocycles. The van der Waals surface area contributed by atoms with Gasteiger partial charge in [-0.1, -0.05) is 0 Å². The number of halogens is 2. The minimum Gasteiger partial charge on any atom is -0.393 e. The quantitative estimate of drug-likeness (QED) is 0.610. The second-order valence-electron chi connectivity index (χ2n) is 2.62. The third-order valence-corrected chi connectivity index (χ3v) is 1.67. The van der Waals surface area contributed by atoms with Crippen LogP contribution in [-0.2, 0) is 0 Å². The molecule has 0 aliphatic heterocycles. The van der Waals surface area contributed by atoms with Gasteiger partial charge in [-0.2, -0.15) is 0 Å². The lowest BCUT2D eigenvalue weighted by Crippen LogP contribution is -2.45. The fourth-order valence-corrected chi connectivity index (χ4v) is 1.01. The first-order valence-electron chi connectivity index (χ1n) is 3.38. The summed E-state index contributed by atoms with van der Waals surface area (Å²) in [5, 5.41) is 11.4. The predicted octanol–water partition coefficient (Wildman–Crippen LogP) is 0.364. The van der Waals surface area contributed by atoms with Gasteiger partial charge in [0, 0.05) is 6.04 Å². The molecule has 0 aromatic heterocycles. The Bertz CT molecular complexity index is 104. The summed E-state index contributed by atoms with van der Waals surface area (Å²) in [6.07, 6.45) is -1.31. The highest BCUT2D eigenvalue weighted by atomic mass is 19.3. The van der Waals surface area contributed by atoms with Gasteiger partial charge in [-0.15, -0.1) is 0 Å². The van der Waals surface area contributed by atoms with E-state index in [2.05, 4.69) is 5.32 Å². The maximum Gasteiger partial charge on any atom is 0.250 e. The largest absolute Gasteiger partial charge is 0.393 e. The van der Waals surface area contributed by atoms with E-state index in [1.165, 1.54) is 0 Å². The molecule has 0 saturated heterocycles. The Labute approximate surface area is 58.2 Å². The molecule has 0 unspecified atom stereocenters. The smallest absolute Gasteiger partial charge is 0.250 e. The van der Waals surface area contributed by atoms with Crippen LogP contribution in [0, 0.1) is 0 Å². The van der Waals surface area contributed by atoms with Crippen molar-refractivity contribution in [3.8, 4) is 0 Å². The molecule has 0 spiro atoms. The summed E-state index contributed by atoms with van der Waals surface area (Å²) >= 11 is 0. The van der Waals surface area contributed by atoms with Crippen LogP contribution in [0.5, 0.6) is 0 Å². The molecule has 0 radical (unpaired) electrons. The van der Waals surface area contributed by atoms with Gasteiger partial charge in [0.2, 0.25) is 0 Å². The monoisotopic (exact) mass is 151 g/mol. The van der Waals surface area contributed by atoms with Crippen LogP contribution in [-0.4, -0.2) is 30.2 Å². The standard InChI is InChI=1S/C6H11F2NO/c7-6(8)3-9-4-1-5(10)2-4/h4-6,9-10H,1-3H2. The zero-order chi connectivity index (χ0) is 7.56. The zero-order valence-corrected chi connectivity index (χ0v) is 5.56. The van der Waals surface area contributed by atoms with Crippen molar-refractivity contribution in [3.05, 3.63) is 0 Å². The molecule has 1 aliphatic carbocycles. The topological polar surface area (TPSA) is 32.3 Å². The average Bonchev–Trinajstić information content (AvgIpc) is 1.77. The molecule has 0 aromatic rings. The van der Waals surface area contributed by atoms with Gasteiger partial charge in [0.15, 0.2) is 0 Å². The van der Waals surface area contributed by atoms with Crippen molar-refractivity contribution < 1.29 is 13.9 Å². The third-order valence-electron chi connectivity index (χ3n) is 1.67. The molecular weight excluding hydrogens is 140 g/mol. The molecule has 0 amide bonds. The molecule has 0 heterocycles. The van der Waals surface area contributed by atoms with Gasteiger partial charge in [0.25, 0.3) is 6.43 Å². The highest BCUT2D eigenvalue weighted by Gasteiger charge is 2.26. The van der Waals surface area contributed by atoms with E-state index in [9.17, 15) is 8.78 Å². The predicted molar refractivity (Wildman–Crippen MR) is 33.0 cm³/mol. The Morgan fingerprint density at radius 2 is 2.10 bits per heavy atom. The van der Waals surface area contributed by atoms with E-state index >= 15 is 0 Å². The second kappa shape index (κ2) is 3.25. The molecule has 60 valence electrons. The first-order chi connectivity index (χ1) is 4.68. The van der Waals surface area contributed by atoms with E-state index in [1.807, 2.05) is 0 Å². The van der Waals surface area contributed by atoms with E-state index in [0.29, 0.717) is 12.8 Å². The molecule has 1 rings (SSSR count). The summed E-state index contributed by atoms with van der Waals surface area (Å²) < 4.78 is 23.1. The van der Waals surface area contributed by atoms with Crippen LogP contribution >= 0.6 is 0 Å². The minimum absolute atomic E-state index is 0.115. The van der Waals surface area contributed by atoms with Gasteiger partial charge >= 0.3 is 0 Å². The SMILES string of the molecule is OC1CC(NCC(F)F)C1. The average molecular weight is 151 g/mol. The van der Waals surface area contributed by atoms with Gasteiger partial charge in [-0.3, -0.25) is 0 Å². The Kier molecular flexibility index (Phi) is 2.56. The molecule has 2 N–H and O–H groups in total. The lowest BCUT2D eigenvalue weighted by atomic mass is 9.90. The molecule has 1 aliphatic rings. The van der Waals surface area contributed by atoms with E-state index in [4.69, 9.17) is 5.11 Å². The van der Waals surface area contributed by atoms with Crippen LogP contribution in [0.25, 0.3) is 0 Å². The van der Waals surface area contributed by atoms with E-state index in [1.54, 1.807) is 0 Å². The lowest BCUT2D eigenvalue weighted by molar-refractivity contribution is 0.0515. The normalized spacial score (nSPS) is 32.4. The van der Waals surface area contributed by atoms with Crippen LogP contribution in [0.2, 0.25) is 0 Å². The van der Waals surface area contributed by atoms with Gasteiger partial charge in [0.1, 0.15) is 0 Å². The zero-order valence-electron chi connectivity index (χ0n) is 5.56. The summed E-state index contributed by atoms with van der Waals surface area (Å²) in [7, 11) is 0. The molecule has 2 nitrogen and oxygen atoms in total. The summed E-state index contributed by atoms with van der Waals surface area (Å²) in [5.74, 6) is 0. The summed E-state index contributed by atoms with van der Waals surface area (Å²) in [6, 6.07) is 0.115. The van der Waals surface area contributed by atoms with Gasteiger partial charge in [0.05, 0.1) is 12.6 Å². The van der Waals surface area contributed by atoms with E-state index < -0.39 is 6.43 Å². The molecule has 1 fully saturated rings. The van der Waals surface area contributed by atoms with E-state index in [-0.39, 0.29) is 18.7 Å². The Balaban J connectivity index is 1.95. The van der Waals surface area contributed by atoms with Crippen molar-refractivity contribution in [2.75, 3.05) is 6.54 Å². The van der Waals surface area contributed by atoms with Crippen LogP contribution in [0.4, 0.5) is 8.78 Å². The summed E-state index contributed by atoms with van der Waals surface area (Å²) in [4.78, 5) is 0. The number of alkyl halides is 2. The third kappa shape index (κ3) is 2.19. The Morgan fingerprint density at radius 1 is 1.50 bits per heavy atom. The van der Waals surface area contributed by atoms with Crippen LogP contribution in [0.15, 0.2) is 0 Å². The van der Waals surface area contributed by atoms with E-state index in [0.717, 1.165) is 0 Å². The molecule has 4 heteroatoms. The van der Waals surface area contributed by atoms with Gasteiger partial charge in [-0.25, -0.2) is 8.78 Å². The van der Waals surface area contributed by atoms with Crippen molar-refractivity contribution >= 4 is 0 Å². The van der Waals surface area contributed by atoms with Crippen molar-refractivity contribution in [2.24, 2.45) is 0 Å². The van der Waals surface area contributed by atoms with Crippen LogP contribution in [0.1, 0.15) is 12.8 Å². The number of aliphatic hydroxyl groups is 1. The van der Waals surface area contributed by atoms with Crippen molar-refractivity contribution in [2.45, 2.75) is 31.4 Å². The second-order valence-corrected chi connectivity index (χ2v) is 2.62. The highest BCUT2D eigenvalue weighted by Crippen LogP contribution is 2.19. The van der Waals surface area contributed by atoms with Crippen molar-refractivity contribution in [1.29, 1.82) is 0 Å². The number of rotatable bonds is 3. The number of aliphatic hydroxyl groups excluding tert-OH is 1. The molecule has 10 heavy (non-hydrogen) atoms.